The normalized spacial score (nSPS) is 17.9. The van der Waals surface area contributed by atoms with Crippen molar-refractivity contribution in [3.05, 3.63) is 56.5 Å². The molecule has 0 saturated carbocycles. The van der Waals surface area contributed by atoms with E-state index in [0.29, 0.717) is 31.7 Å². The Hall–Kier alpha value is -1.15. The lowest BCUT2D eigenvalue weighted by Gasteiger charge is -2.36. The van der Waals surface area contributed by atoms with Crippen LogP contribution in [-0.2, 0) is 6.18 Å². The van der Waals surface area contributed by atoms with Crippen molar-refractivity contribution in [3.63, 3.8) is 0 Å². The molecule has 24 heavy (non-hydrogen) atoms. The van der Waals surface area contributed by atoms with E-state index in [-0.39, 0.29) is 5.02 Å². The van der Waals surface area contributed by atoms with Crippen LogP contribution in [0.3, 0.4) is 0 Å². The van der Waals surface area contributed by atoms with Crippen LogP contribution in [0.4, 0.5) is 17.6 Å². The summed E-state index contributed by atoms with van der Waals surface area (Å²) in [5, 5.41) is 6.39. The minimum absolute atomic E-state index is 0.298. The van der Waals surface area contributed by atoms with Crippen LogP contribution < -0.4 is 5.32 Å². The van der Waals surface area contributed by atoms with Crippen LogP contribution in [0.1, 0.15) is 22.7 Å². The first-order valence-electron chi connectivity index (χ1n) is 7.41. The maximum atomic E-state index is 14.7. The summed E-state index contributed by atoms with van der Waals surface area (Å²) < 4.78 is 55.2. The molecule has 1 fully saturated rings. The highest BCUT2D eigenvalue weighted by atomic mass is 35.5. The molecular formula is C16H15ClF4N2S. The Bertz CT molecular complexity index is 697. The Morgan fingerprint density at radius 3 is 2.46 bits per heavy atom. The molecule has 0 aliphatic carbocycles. The second kappa shape index (κ2) is 7.00. The highest BCUT2D eigenvalue weighted by Crippen LogP contribution is 2.42. The van der Waals surface area contributed by atoms with E-state index >= 15 is 0 Å². The van der Waals surface area contributed by atoms with Gasteiger partial charge in [0.15, 0.2) is 0 Å². The Kier molecular flexibility index (Phi) is 5.15. The molecule has 0 spiro atoms. The fourth-order valence-electron chi connectivity index (χ4n) is 3.01. The van der Waals surface area contributed by atoms with E-state index < -0.39 is 29.2 Å². The van der Waals surface area contributed by atoms with Crippen LogP contribution in [0.5, 0.6) is 0 Å². The zero-order valence-corrected chi connectivity index (χ0v) is 14.1. The lowest BCUT2D eigenvalue weighted by atomic mass is 9.93. The van der Waals surface area contributed by atoms with Gasteiger partial charge < -0.3 is 5.32 Å². The largest absolute Gasteiger partial charge is 0.416 e. The number of hydrogen-bond acceptors (Lipinski definition) is 3. The number of rotatable bonds is 3. The van der Waals surface area contributed by atoms with Crippen molar-refractivity contribution < 1.29 is 17.6 Å². The monoisotopic (exact) mass is 378 g/mol. The summed E-state index contributed by atoms with van der Waals surface area (Å²) in [6, 6.07) is 2.75. The Morgan fingerprint density at radius 1 is 1.17 bits per heavy atom. The summed E-state index contributed by atoms with van der Waals surface area (Å²) in [5.74, 6) is -0.999. The first-order valence-corrected chi connectivity index (χ1v) is 8.73. The van der Waals surface area contributed by atoms with Crippen molar-refractivity contribution in [3.8, 4) is 0 Å². The molecule has 0 unspecified atom stereocenters. The van der Waals surface area contributed by atoms with Gasteiger partial charge in [0.05, 0.1) is 16.6 Å². The predicted octanol–water partition coefficient (Wildman–Crippen LogP) is 4.55. The van der Waals surface area contributed by atoms with Gasteiger partial charge >= 0.3 is 6.18 Å². The second-order valence-electron chi connectivity index (χ2n) is 5.57. The van der Waals surface area contributed by atoms with Crippen molar-refractivity contribution in [2.75, 3.05) is 26.2 Å². The average molecular weight is 379 g/mol. The summed E-state index contributed by atoms with van der Waals surface area (Å²) in [5.41, 5.74) is -0.719. The molecule has 0 bridgehead atoms. The lowest BCUT2D eigenvalue weighted by Crippen LogP contribution is -2.46. The molecule has 0 radical (unpaired) electrons. The van der Waals surface area contributed by atoms with E-state index in [0.717, 1.165) is 12.1 Å². The maximum absolute atomic E-state index is 14.7. The molecule has 3 rings (SSSR count). The number of alkyl halides is 3. The van der Waals surface area contributed by atoms with Crippen molar-refractivity contribution in [1.82, 2.24) is 10.2 Å². The van der Waals surface area contributed by atoms with Crippen molar-refractivity contribution in [2.45, 2.75) is 12.2 Å². The third-order valence-electron chi connectivity index (χ3n) is 4.09. The van der Waals surface area contributed by atoms with E-state index in [1.807, 2.05) is 4.90 Å². The zero-order valence-electron chi connectivity index (χ0n) is 12.5. The predicted molar refractivity (Wildman–Crippen MR) is 87.0 cm³/mol. The number of thiophene rings is 1. The van der Waals surface area contributed by atoms with Gasteiger partial charge in [-0.1, -0.05) is 11.6 Å². The van der Waals surface area contributed by atoms with Gasteiger partial charge in [-0.3, -0.25) is 4.90 Å². The first kappa shape index (κ1) is 17.7. The molecule has 2 nitrogen and oxygen atoms in total. The molecule has 1 aliphatic heterocycles. The summed E-state index contributed by atoms with van der Waals surface area (Å²) in [6.07, 6.45) is -4.65. The van der Waals surface area contributed by atoms with Gasteiger partial charge in [-0.25, -0.2) is 4.39 Å². The van der Waals surface area contributed by atoms with Gasteiger partial charge in [0.25, 0.3) is 0 Å². The molecule has 2 aromatic rings. The van der Waals surface area contributed by atoms with E-state index in [4.69, 9.17) is 11.6 Å². The summed E-state index contributed by atoms with van der Waals surface area (Å²) in [7, 11) is 0. The molecule has 1 aliphatic rings. The third-order valence-corrected chi connectivity index (χ3v) is 5.08. The molecule has 2 heterocycles. The van der Waals surface area contributed by atoms with Crippen LogP contribution in [-0.4, -0.2) is 31.1 Å². The van der Waals surface area contributed by atoms with Gasteiger partial charge in [-0.05, 0) is 34.5 Å². The van der Waals surface area contributed by atoms with Gasteiger partial charge in [-0.15, -0.1) is 0 Å². The molecule has 130 valence electrons. The number of nitrogens with one attached hydrogen (secondary N) is 1. The van der Waals surface area contributed by atoms with Crippen LogP contribution in [0, 0.1) is 5.82 Å². The number of benzene rings is 1. The summed E-state index contributed by atoms with van der Waals surface area (Å²) in [6.45, 7) is 2.35. The molecule has 1 aromatic heterocycles. The number of hydrogen-bond donors (Lipinski definition) is 1. The maximum Gasteiger partial charge on any atom is 0.416 e. The SMILES string of the molecule is Fc1c(Cl)ccc(C(F)(F)F)c1[C@@H](c1ccsc1)N1CCNCC1. The Morgan fingerprint density at radius 2 is 1.88 bits per heavy atom. The average Bonchev–Trinajstić information content (AvgIpc) is 3.06. The lowest BCUT2D eigenvalue weighted by molar-refractivity contribution is -0.138. The van der Waals surface area contributed by atoms with Gasteiger partial charge in [0.1, 0.15) is 5.82 Å². The highest BCUT2D eigenvalue weighted by Gasteiger charge is 2.40. The van der Waals surface area contributed by atoms with Gasteiger partial charge in [0, 0.05) is 31.7 Å². The topological polar surface area (TPSA) is 15.3 Å². The van der Waals surface area contributed by atoms with Crippen molar-refractivity contribution in [1.29, 1.82) is 0 Å². The zero-order chi connectivity index (χ0) is 17.3. The van der Waals surface area contributed by atoms with E-state index in [1.165, 1.54) is 11.3 Å². The molecular weight excluding hydrogens is 364 g/mol. The minimum atomic E-state index is -4.65. The van der Waals surface area contributed by atoms with Crippen LogP contribution in [0.15, 0.2) is 29.0 Å². The molecule has 1 aromatic carbocycles. The van der Waals surface area contributed by atoms with Crippen molar-refractivity contribution in [2.24, 2.45) is 0 Å². The van der Waals surface area contributed by atoms with Gasteiger partial charge in [-0.2, -0.15) is 24.5 Å². The number of piperazine rings is 1. The quantitative estimate of drug-likeness (QED) is 0.788. The molecule has 1 saturated heterocycles. The first-order chi connectivity index (χ1) is 11.4. The Labute approximate surface area is 146 Å². The fraction of sp³-hybridized carbons (Fsp3) is 0.375. The number of halogens is 5. The van der Waals surface area contributed by atoms with Crippen molar-refractivity contribution >= 4 is 22.9 Å². The van der Waals surface area contributed by atoms with E-state index in [2.05, 4.69) is 5.32 Å². The van der Waals surface area contributed by atoms with Crippen LogP contribution in [0.2, 0.25) is 5.02 Å². The van der Waals surface area contributed by atoms with Gasteiger partial charge in [0.2, 0.25) is 0 Å². The summed E-state index contributed by atoms with van der Waals surface area (Å²) in [4.78, 5) is 1.86. The molecule has 0 amide bonds. The fourth-order valence-corrected chi connectivity index (χ4v) is 3.86. The smallest absolute Gasteiger partial charge is 0.314 e. The molecule has 8 heteroatoms. The summed E-state index contributed by atoms with van der Waals surface area (Å²) >= 11 is 7.18. The van der Waals surface area contributed by atoms with Crippen LogP contribution >= 0.6 is 22.9 Å². The molecule has 1 N–H and O–H groups in total. The number of nitrogens with zero attached hydrogens (tertiary/aromatic N) is 1. The van der Waals surface area contributed by atoms with Crippen LogP contribution in [0.25, 0.3) is 0 Å². The third kappa shape index (κ3) is 3.44. The standard InChI is InChI=1S/C16H15ClF4N2S/c17-12-2-1-11(16(19,20)21)13(14(12)18)15(10-3-8-24-9-10)23-6-4-22-5-7-23/h1-3,8-9,15,22H,4-7H2/t15-/m1/s1. The highest BCUT2D eigenvalue weighted by molar-refractivity contribution is 7.08. The van der Waals surface area contributed by atoms with E-state index in [1.54, 1.807) is 16.8 Å². The Balaban J connectivity index is 2.19. The second-order valence-corrected chi connectivity index (χ2v) is 6.75. The minimum Gasteiger partial charge on any atom is -0.314 e. The molecule has 1 atom stereocenters. The van der Waals surface area contributed by atoms with E-state index in [9.17, 15) is 17.6 Å².